The Labute approximate surface area is 78.4 Å². The molecule has 0 atom stereocenters. The van der Waals surface area contributed by atoms with E-state index < -0.39 is 6.72 Å². The second kappa shape index (κ2) is 4.08. The van der Waals surface area contributed by atoms with Crippen LogP contribution in [0.1, 0.15) is 5.69 Å². The van der Waals surface area contributed by atoms with Crippen LogP contribution in [0.25, 0.3) is 0 Å². The number of rotatable bonds is 3. The lowest BCUT2D eigenvalue weighted by atomic mass is 10.4. The number of aromatic nitrogens is 2. The molecule has 1 rings (SSSR count). The van der Waals surface area contributed by atoms with Crippen LogP contribution in [0.3, 0.4) is 0 Å². The predicted octanol–water partition coefficient (Wildman–Crippen LogP) is -0.504. The van der Waals surface area contributed by atoms with E-state index in [4.69, 9.17) is 9.79 Å². The van der Waals surface area contributed by atoms with Gasteiger partial charge in [0.2, 0.25) is 0 Å². The van der Waals surface area contributed by atoms with Crippen molar-refractivity contribution in [2.75, 3.05) is 0 Å². The van der Waals surface area contributed by atoms with E-state index in [9.17, 15) is 4.79 Å². The smallest absolute Gasteiger partial charge is 0.322 e. The summed E-state index contributed by atoms with van der Waals surface area (Å²) in [7, 11) is 0. The van der Waals surface area contributed by atoms with Crippen LogP contribution in [-0.4, -0.2) is 20.0 Å². The van der Waals surface area contributed by atoms with E-state index in [0.29, 0.717) is 5.69 Å². The fraction of sp³-hybridized carbons (Fsp3) is 0.200. The topological polar surface area (TPSA) is 95.4 Å². The van der Waals surface area contributed by atoms with Crippen molar-refractivity contribution in [3.8, 4) is 0 Å². The molecule has 0 saturated carbocycles. The van der Waals surface area contributed by atoms with Gasteiger partial charge in [-0.15, -0.1) is 0 Å². The molecular formula is C5H7N2O4PS. The average molecular weight is 222 g/mol. The first-order chi connectivity index (χ1) is 5.97. The zero-order chi connectivity index (χ0) is 9.90. The summed E-state index contributed by atoms with van der Waals surface area (Å²) in [5, 5.41) is 5.73. The van der Waals surface area contributed by atoms with Gasteiger partial charge in [-0.25, -0.2) is 5.10 Å². The highest BCUT2D eigenvalue weighted by Crippen LogP contribution is 2.37. The highest BCUT2D eigenvalue weighted by molar-refractivity contribution is 8.06. The van der Waals surface area contributed by atoms with E-state index >= 15 is 0 Å². The van der Waals surface area contributed by atoms with Gasteiger partial charge in [0.25, 0.3) is 5.56 Å². The van der Waals surface area contributed by atoms with Crippen molar-refractivity contribution in [1.29, 1.82) is 0 Å². The van der Waals surface area contributed by atoms with Gasteiger partial charge in [0.05, 0.1) is 5.69 Å². The lowest BCUT2D eigenvalue weighted by Crippen LogP contribution is -2.07. The van der Waals surface area contributed by atoms with E-state index in [0.717, 1.165) is 0 Å². The molecule has 8 heteroatoms. The molecule has 6 nitrogen and oxygen atoms in total. The molecule has 3 N–H and O–H groups in total. The van der Waals surface area contributed by atoms with Gasteiger partial charge in [-0.3, -0.25) is 4.79 Å². The highest BCUT2D eigenvalue weighted by atomic mass is 32.5. The maximum Gasteiger partial charge on any atom is 0.322 e. The Morgan fingerprint density at radius 2 is 2.31 bits per heavy atom. The first-order valence-electron chi connectivity index (χ1n) is 3.22. The Kier molecular flexibility index (Phi) is 3.29. The van der Waals surface area contributed by atoms with E-state index in [2.05, 4.69) is 26.5 Å². The zero-order valence-electron chi connectivity index (χ0n) is 6.38. The quantitative estimate of drug-likeness (QED) is 0.596. The van der Waals surface area contributed by atoms with Crippen molar-refractivity contribution in [2.24, 2.45) is 0 Å². The molecule has 13 heavy (non-hydrogen) atoms. The molecular weight excluding hydrogens is 215 g/mol. The Morgan fingerprint density at radius 1 is 1.62 bits per heavy atom. The fourth-order valence-electron chi connectivity index (χ4n) is 0.604. The molecule has 0 saturated heterocycles. The van der Waals surface area contributed by atoms with Crippen molar-refractivity contribution < 1.29 is 14.3 Å². The van der Waals surface area contributed by atoms with Gasteiger partial charge in [0.15, 0.2) is 0 Å². The monoisotopic (exact) mass is 222 g/mol. The summed E-state index contributed by atoms with van der Waals surface area (Å²) < 4.78 is 4.51. The van der Waals surface area contributed by atoms with Crippen molar-refractivity contribution in [3.63, 3.8) is 0 Å². The Hall–Kier alpha value is -0.590. The molecule has 1 aromatic rings. The Bertz CT molecular complexity index is 366. The van der Waals surface area contributed by atoms with Crippen LogP contribution in [0.15, 0.2) is 16.9 Å². The van der Waals surface area contributed by atoms with Crippen LogP contribution < -0.4 is 5.56 Å². The first kappa shape index (κ1) is 10.5. The Balaban J connectivity index is 2.61. The summed E-state index contributed by atoms with van der Waals surface area (Å²) in [6, 6.07) is 2.66. The molecule has 1 heterocycles. The molecule has 0 spiro atoms. The maximum atomic E-state index is 10.6. The van der Waals surface area contributed by atoms with Crippen molar-refractivity contribution in [1.82, 2.24) is 10.2 Å². The van der Waals surface area contributed by atoms with Gasteiger partial charge in [-0.1, -0.05) is 0 Å². The minimum absolute atomic E-state index is 0.138. The van der Waals surface area contributed by atoms with E-state index in [-0.39, 0.29) is 12.2 Å². The number of H-pyrrole nitrogens is 1. The summed E-state index contributed by atoms with van der Waals surface area (Å²) in [5.41, 5.74) is 0.0353. The highest BCUT2D eigenvalue weighted by Gasteiger charge is 2.08. The molecule has 72 valence electrons. The van der Waals surface area contributed by atoms with Crippen LogP contribution in [0.4, 0.5) is 0 Å². The summed E-state index contributed by atoms with van der Waals surface area (Å²) in [5.74, 6) is 0. The van der Waals surface area contributed by atoms with E-state index in [1.54, 1.807) is 0 Å². The first-order valence-corrected chi connectivity index (χ1v) is 5.85. The molecule has 1 aromatic heterocycles. The van der Waals surface area contributed by atoms with Crippen LogP contribution in [0, 0.1) is 0 Å². The van der Waals surface area contributed by atoms with E-state index in [1.807, 2.05) is 0 Å². The second-order valence-electron chi connectivity index (χ2n) is 2.18. The predicted molar refractivity (Wildman–Crippen MR) is 48.4 cm³/mol. The zero-order valence-corrected chi connectivity index (χ0v) is 8.09. The standard InChI is InChI=1S/C5H7N2O4PS/c8-5-2-1-4(6-7-5)3-11-12(9,10)13/h1-2H,3H2,(H,7,8)(H2,9,10,13). The van der Waals surface area contributed by atoms with Gasteiger partial charge in [0.1, 0.15) is 6.61 Å². The van der Waals surface area contributed by atoms with Gasteiger partial charge in [-0.05, 0) is 17.9 Å². The van der Waals surface area contributed by atoms with Crippen LogP contribution >= 0.6 is 6.72 Å². The maximum absolute atomic E-state index is 10.6. The third-order valence-electron chi connectivity index (χ3n) is 1.12. The summed E-state index contributed by atoms with van der Waals surface area (Å²) in [6.07, 6.45) is 0. The van der Waals surface area contributed by atoms with Crippen LogP contribution in [0.5, 0.6) is 0 Å². The number of nitrogens with zero attached hydrogens (tertiary/aromatic N) is 1. The third kappa shape index (κ3) is 4.25. The van der Waals surface area contributed by atoms with E-state index in [1.165, 1.54) is 12.1 Å². The minimum Gasteiger partial charge on any atom is -0.325 e. The largest absolute Gasteiger partial charge is 0.325 e. The van der Waals surface area contributed by atoms with Crippen molar-refractivity contribution in [3.05, 3.63) is 28.2 Å². The summed E-state index contributed by atoms with van der Waals surface area (Å²) >= 11 is 4.21. The Morgan fingerprint density at radius 3 is 2.77 bits per heavy atom. The van der Waals surface area contributed by atoms with Crippen LogP contribution in [0.2, 0.25) is 0 Å². The van der Waals surface area contributed by atoms with Crippen molar-refractivity contribution in [2.45, 2.75) is 6.61 Å². The molecule has 0 amide bonds. The van der Waals surface area contributed by atoms with Crippen LogP contribution in [-0.2, 0) is 22.9 Å². The summed E-state index contributed by atoms with van der Waals surface area (Å²) in [4.78, 5) is 27.9. The molecule has 0 radical (unpaired) electrons. The minimum atomic E-state index is -3.64. The molecule has 0 aliphatic rings. The number of hydrogen-bond donors (Lipinski definition) is 3. The molecule has 0 fully saturated rings. The SMILES string of the molecule is O=c1ccc(COP(O)(O)=S)n[nH]1. The summed E-state index contributed by atoms with van der Waals surface area (Å²) in [6.45, 7) is -3.78. The average Bonchev–Trinajstić information content (AvgIpc) is 2.02. The number of hydrogen-bond acceptors (Lipinski definition) is 4. The lowest BCUT2D eigenvalue weighted by molar-refractivity contribution is 0.238. The van der Waals surface area contributed by atoms with Gasteiger partial charge in [0, 0.05) is 6.07 Å². The number of aromatic amines is 1. The number of nitrogens with one attached hydrogen (secondary N) is 1. The normalized spacial score (nSPS) is 11.5. The fourth-order valence-corrected chi connectivity index (χ4v) is 1.06. The molecule has 0 aliphatic heterocycles. The molecule has 0 aromatic carbocycles. The second-order valence-corrected chi connectivity index (χ2v) is 4.84. The van der Waals surface area contributed by atoms with Gasteiger partial charge < -0.3 is 14.3 Å². The van der Waals surface area contributed by atoms with Gasteiger partial charge >= 0.3 is 6.72 Å². The molecule has 0 bridgehead atoms. The molecule has 0 aliphatic carbocycles. The van der Waals surface area contributed by atoms with Crippen molar-refractivity contribution >= 4 is 18.5 Å². The lowest BCUT2D eigenvalue weighted by Gasteiger charge is -2.06. The third-order valence-corrected chi connectivity index (χ3v) is 1.90. The van der Waals surface area contributed by atoms with Gasteiger partial charge in [-0.2, -0.15) is 5.10 Å². The molecule has 0 unspecified atom stereocenters.